The fourth-order valence-corrected chi connectivity index (χ4v) is 1.36. The minimum absolute atomic E-state index is 0.493. The first kappa shape index (κ1) is 11.8. The van der Waals surface area contributed by atoms with Gasteiger partial charge in [0.1, 0.15) is 6.07 Å². The van der Waals surface area contributed by atoms with E-state index in [1.807, 2.05) is 26.2 Å². The van der Waals surface area contributed by atoms with Gasteiger partial charge in [0, 0.05) is 18.8 Å². The average Bonchev–Trinajstić information content (AvgIpc) is 2.17. The summed E-state index contributed by atoms with van der Waals surface area (Å²) in [5.74, 6) is 0. The van der Waals surface area contributed by atoms with Gasteiger partial charge in [-0.2, -0.15) is 5.26 Å². The quantitative estimate of drug-likeness (QED) is 0.851. The maximum absolute atomic E-state index is 8.70. The highest BCUT2D eigenvalue weighted by Crippen LogP contribution is 2.19. The molecule has 0 aliphatic heterocycles. The minimum Gasteiger partial charge on any atom is -0.384 e. The van der Waals surface area contributed by atoms with Crippen molar-refractivity contribution in [1.82, 2.24) is 4.90 Å². The van der Waals surface area contributed by atoms with Gasteiger partial charge in [-0.05, 0) is 32.3 Å². The Labute approximate surface area is 95.3 Å². The van der Waals surface area contributed by atoms with Crippen molar-refractivity contribution in [3.8, 4) is 6.07 Å². The fraction of sp³-hybridized carbons (Fsp3) is 0.364. The highest BCUT2D eigenvalue weighted by molar-refractivity contribution is 6.32. The maximum Gasteiger partial charge on any atom is 0.101 e. The zero-order valence-corrected chi connectivity index (χ0v) is 9.67. The van der Waals surface area contributed by atoms with Crippen LogP contribution in [0.2, 0.25) is 5.02 Å². The number of rotatable bonds is 4. The van der Waals surface area contributed by atoms with Crippen LogP contribution in [0.1, 0.15) is 5.56 Å². The van der Waals surface area contributed by atoms with E-state index in [9.17, 15) is 0 Å². The van der Waals surface area contributed by atoms with Crippen molar-refractivity contribution < 1.29 is 0 Å². The van der Waals surface area contributed by atoms with Gasteiger partial charge in [-0.3, -0.25) is 0 Å². The Morgan fingerprint density at radius 1 is 1.47 bits per heavy atom. The first-order chi connectivity index (χ1) is 7.13. The number of nitrogens with one attached hydrogen (secondary N) is 1. The number of nitriles is 1. The van der Waals surface area contributed by atoms with Crippen molar-refractivity contribution in [2.45, 2.75) is 0 Å². The Balaban J connectivity index is 2.57. The number of anilines is 1. The Bertz CT molecular complexity index is 369. The van der Waals surface area contributed by atoms with Crippen molar-refractivity contribution in [2.75, 3.05) is 32.5 Å². The lowest BCUT2D eigenvalue weighted by atomic mass is 10.2. The first-order valence-electron chi connectivity index (χ1n) is 4.71. The lowest BCUT2D eigenvalue weighted by Crippen LogP contribution is -2.20. The molecule has 80 valence electrons. The molecular formula is C11H14ClN3. The van der Waals surface area contributed by atoms with E-state index in [0.29, 0.717) is 10.6 Å². The monoisotopic (exact) mass is 223 g/mol. The molecule has 1 rings (SSSR count). The summed E-state index contributed by atoms with van der Waals surface area (Å²) in [7, 11) is 4.04. The molecule has 1 aromatic rings. The van der Waals surface area contributed by atoms with Gasteiger partial charge in [0.25, 0.3) is 0 Å². The van der Waals surface area contributed by atoms with E-state index in [4.69, 9.17) is 16.9 Å². The predicted molar refractivity (Wildman–Crippen MR) is 63.2 cm³/mol. The van der Waals surface area contributed by atoms with Crippen molar-refractivity contribution in [3.05, 3.63) is 28.8 Å². The molecule has 0 spiro atoms. The van der Waals surface area contributed by atoms with Crippen molar-refractivity contribution in [2.24, 2.45) is 0 Å². The number of hydrogen-bond donors (Lipinski definition) is 1. The predicted octanol–water partition coefficient (Wildman–Crippen LogP) is 2.19. The van der Waals surface area contributed by atoms with Crippen LogP contribution in [0.15, 0.2) is 18.2 Å². The van der Waals surface area contributed by atoms with Crippen molar-refractivity contribution >= 4 is 17.3 Å². The molecule has 0 aliphatic carbocycles. The molecule has 0 aliphatic rings. The van der Waals surface area contributed by atoms with Crippen molar-refractivity contribution in [1.29, 1.82) is 5.26 Å². The van der Waals surface area contributed by atoms with Crippen LogP contribution in [-0.2, 0) is 0 Å². The highest BCUT2D eigenvalue weighted by Gasteiger charge is 2.00. The van der Waals surface area contributed by atoms with E-state index in [-0.39, 0.29) is 0 Å². The zero-order chi connectivity index (χ0) is 11.3. The third-order valence-corrected chi connectivity index (χ3v) is 2.29. The Hall–Kier alpha value is -1.24. The van der Waals surface area contributed by atoms with E-state index in [1.165, 1.54) is 0 Å². The maximum atomic E-state index is 8.70. The number of likely N-dealkylation sites (N-methyl/N-ethyl adjacent to an activating group) is 1. The van der Waals surface area contributed by atoms with Gasteiger partial charge < -0.3 is 10.2 Å². The summed E-state index contributed by atoms with van der Waals surface area (Å²) < 4.78 is 0. The Kier molecular flexibility index (Phi) is 4.41. The molecule has 3 nitrogen and oxygen atoms in total. The van der Waals surface area contributed by atoms with Crippen molar-refractivity contribution in [3.63, 3.8) is 0 Å². The molecular weight excluding hydrogens is 210 g/mol. The van der Waals surface area contributed by atoms with Gasteiger partial charge in [0.2, 0.25) is 0 Å². The summed E-state index contributed by atoms with van der Waals surface area (Å²) in [6, 6.07) is 7.39. The van der Waals surface area contributed by atoms with E-state index in [0.717, 1.165) is 18.8 Å². The summed E-state index contributed by atoms with van der Waals surface area (Å²) in [5.41, 5.74) is 1.45. The van der Waals surface area contributed by atoms with Crippen LogP contribution in [0.3, 0.4) is 0 Å². The molecule has 0 unspecified atom stereocenters. The molecule has 4 heteroatoms. The molecule has 1 N–H and O–H groups in total. The molecule has 0 heterocycles. The van der Waals surface area contributed by atoms with Crippen LogP contribution in [0.25, 0.3) is 0 Å². The fourth-order valence-electron chi connectivity index (χ4n) is 1.14. The number of benzene rings is 1. The summed E-state index contributed by atoms with van der Waals surface area (Å²) in [6.07, 6.45) is 0. The van der Waals surface area contributed by atoms with E-state index in [2.05, 4.69) is 10.2 Å². The summed E-state index contributed by atoms with van der Waals surface area (Å²) >= 11 is 5.90. The van der Waals surface area contributed by atoms with E-state index >= 15 is 0 Å². The van der Waals surface area contributed by atoms with Gasteiger partial charge in [-0.1, -0.05) is 11.6 Å². The third kappa shape index (κ3) is 3.78. The van der Waals surface area contributed by atoms with Gasteiger partial charge in [0.05, 0.1) is 10.6 Å². The summed E-state index contributed by atoms with van der Waals surface area (Å²) in [4.78, 5) is 2.10. The largest absolute Gasteiger partial charge is 0.384 e. The highest BCUT2D eigenvalue weighted by atomic mass is 35.5. The molecule has 0 saturated heterocycles. The third-order valence-electron chi connectivity index (χ3n) is 1.98. The van der Waals surface area contributed by atoms with E-state index < -0.39 is 0 Å². The minimum atomic E-state index is 0.493. The SMILES string of the molecule is CN(C)CCNc1ccc(C#N)c(Cl)c1. The van der Waals surface area contributed by atoms with Crippen LogP contribution in [0.4, 0.5) is 5.69 Å². The molecule has 0 bridgehead atoms. The second-order valence-corrected chi connectivity index (χ2v) is 3.94. The molecule has 0 aromatic heterocycles. The standard InChI is InChI=1S/C11H14ClN3/c1-15(2)6-5-14-10-4-3-9(8-13)11(12)7-10/h3-4,7,14H,5-6H2,1-2H3. The smallest absolute Gasteiger partial charge is 0.101 e. The van der Waals surface area contributed by atoms with Gasteiger partial charge in [-0.25, -0.2) is 0 Å². The normalized spacial score (nSPS) is 10.1. The molecule has 0 fully saturated rings. The van der Waals surface area contributed by atoms with Crippen LogP contribution in [0.5, 0.6) is 0 Å². The van der Waals surface area contributed by atoms with Crippen LogP contribution in [0, 0.1) is 11.3 Å². The number of halogens is 1. The second kappa shape index (κ2) is 5.59. The van der Waals surface area contributed by atoms with Crippen LogP contribution >= 0.6 is 11.6 Å². The van der Waals surface area contributed by atoms with Crippen LogP contribution < -0.4 is 5.32 Å². The average molecular weight is 224 g/mol. The van der Waals surface area contributed by atoms with Crippen LogP contribution in [-0.4, -0.2) is 32.1 Å². The summed E-state index contributed by atoms with van der Waals surface area (Å²) in [6.45, 7) is 1.81. The van der Waals surface area contributed by atoms with Gasteiger partial charge >= 0.3 is 0 Å². The van der Waals surface area contributed by atoms with E-state index in [1.54, 1.807) is 12.1 Å². The lowest BCUT2D eigenvalue weighted by molar-refractivity contribution is 0.425. The van der Waals surface area contributed by atoms with Gasteiger partial charge in [0.15, 0.2) is 0 Å². The molecule has 0 radical (unpaired) electrons. The number of hydrogen-bond acceptors (Lipinski definition) is 3. The Morgan fingerprint density at radius 3 is 2.73 bits per heavy atom. The second-order valence-electron chi connectivity index (χ2n) is 3.54. The lowest BCUT2D eigenvalue weighted by Gasteiger charge is -2.11. The summed E-state index contributed by atoms with van der Waals surface area (Å²) in [5, 5.41) is 12.4. The number of nitrogens with zero attached hydrogens (tertiary/aromatic N) is 2. The molecule has 0 amide bonds. The molecule has 1 aromatic carbocycles. The first-order valence-corrected chi connectivity index (χ1v) is 5.09. The zero-order valence-electron chi connectivity index (χ0n) is 8.92. The molecule has 0 atom stereocenters. The topological polar surface area (TPSA) is 39.1 Å². The molecule has 0 saturated carbocycles. The molecule has 15 heavy (non-hydrogen) atoms. The Morgan fingerprint density at radius 2 is 2.20 bits per heavy atom. The van der Waals surface area contributed by atoms with Gasteiger partial charge in [-0.15, -0.1) is 0 Å².